The minimum Gasteiger partial charge on any atom is -0.481 e. The quantitative estimate of drug-likeness (QED) is 0.810. The van der Waals surface area contributed by atoms with Crippen molar-refractivity contribution in [3.05, 3.63) is 35.6 Å². The molecule has 0 spiro atoms. The molecule has 1 unspecified atom stereocenters. The summed E-state index contributed by atoms with van der Waals surface area (Å²) >= 11 is 0. The summed E-state index contributed by atoms with van der Waals surface area (Å²) in [5, 5.41) is 12.6. The largest absolute Gasteiger partial charge is 0.481 e. The van der Waals surface area contributed by atoms with Gasteiger partial charge in [0.2, 0.25) is 0 Å². The number of hydrogen-bond acceptors (Lipinski definition) is 2. The van der Waals surface area contributed by atoms with Crippen LogP contribution in [0.5, 0.6) is 0 Å². The van der Waals surface area contributed by atoms with Gasteiger partial charge < -0.3 is 10.4 Å². The first-order valence-corrected chi connectivity index (χ1v) is 7.67. The third-order valence-electron chi connectivity index (χ3n) is 4.22. The highest BCUT2D eigenvalue weighted by Gasteiger charge is 2.31. The van der Waals surface area contributed by atoms with Crippen LogP contribution in [0.4, 0.5) is 4.39 Å². The number of carboxylic acid groups (broad SMARTS) is 1. The number of aliphatic carboxylic acids is 1. The normalized spacial score (nSPS) is 22.9. The Labute approximate surface area is 125 Å². The van der Waals surface area contributed by atoms with Crippen molar-refractivity contribution in [1.29, 1.82) is 0 Å². The standard InChI is InChI=1S/C17H24FNO2/c1-11(2)6-14(17(20)21)10-19-16-8-13(9-16)12-4-3-5-15(18)7-12/h3-5,7,11,13-14,16,19H,6,8-10H2,1-2H3,(H,20,21). The van der Waals surface area contributed by atoms with E-state index in [0.717, 1.165) is 18.4 Å². The zero-order valence-corrected chi connectivity index (χ0v) is 12.7. The molecular formula is C17H24FNO2. The van der Waals surface area contributed by atoms with E-state index in [0.29, 0.717) is 30.8 Å². The maximum absolute atomic E-state index is 13.2. The van der Waals surface area contributed by atoms with Crippen LogP contribution in [0.15, 0.2) is 24.3 Å². The molecule has 2 N–H and O–H groups in total. The maximum Gasteiger partial charge on any atom is 0.307 e. The summed E-state index contributed by atoms with van der Waals surface area (Å²) in [5.74, 6) is -0.455. The molecule has 0 aromatic heterocycles. The molecule has 21 heavy (non-hydrogen) atoms. The second-order valence-corrected chi connectivity index (χ2v) is 6.49. The van der Waals surface area contributed by atoms with Crippen molar-refractivity contribution >= 4 is 5.97 Å². The van der Waals surface area contributed by atoms with Crippen LogP contribution in [0.2, 0.25) is 0 Å². The lowest BCUT2D eigenvalue weighted by Gasteiger charge is -2.37. The van der Waals surface area contributed by atoms with Crippen LogP contribution >= 0.6 is 0 Å². The molecule has 1 atom stereocenters. The molecule has 2 rings (SSSR count). The summed E-state index contributed by atoms with van der Waals surface area (Å²) in [7, 11) is 0. The second-order valence-electron chi connectivity index (χ2n) is 6.49. The molecule has 1 fully saturated rings. The van der Waals surface area contributed by atoms with E-state index >= 15 is 0 Å². The smallest absolute Gasteiger partial charge is 0.307 e. The molecule has 0 bridgehead atoms. The summed E-state index contributed by atoms with van der Waals surface area (Å²) in [6.45, 7) is 4.60. The fourth-order valence-electron chi connectivity index (χ4n) is 2.97. The van der Waals surface area contributed by atoms with Gasteiger partial charge in [0.05, 0.1) is 5.92 Å². The van der Waals surface area contributed by atoms with Crippen molar-refractivity contribution in [2.24, 2.45) is 11.8 Å². The second kappa shape index (κ2) is 7.03. The van der Waals surface area contributed by atoms with Crippen LogP contribution in [-0.2, 0) is 4.79 Å². The minimum atomic E-state index is -0.725. The topological polar surface area (TPSA) is 49.3 Å². The Hall–Kier alpha value is -1.42. The molecule has 0 aliphatic heterocycles. The van der Waals surface area contributed by atoms with Crippen molar-refractivity contribution in [1.82, 2.24) is 5.32 Å². The van der Waals surface area contributed by atoms with E-state index in [1.807, 2.05) is 19.9 Å². The van der Waals surface area contributed by atoms with Crippen molar-refractivity contribution < 1.29 is 14.3 Å². The number of rotatable bonds is 7. The average Bonchev–Trinajstić information content (AvgIpc) is 2.34. The number of nitrogens with one attached hydrogen (secondary N) is 1. The van der Waals surface area contributed by atoms with E-state index < -0.39 is 5.97 Å². The molecular weight excluding hydrogens is 269 g/mol. The summed E-state index contributed by atoms with van der Waals surface area (Å²) < 4.78 is 13.2. The van der Waals surface area contributed by atoms with Gasteiger partial charge in [-0.1, -0.05) is 26.0 Å². The van der Waals surface area contributed by atoms with Gasteiger partial charge in [-0.05, 0) is 48.8 Å². The van der Waals surface area contributed by atoms with Crippen LogP contribution in [0.3, 0.4) is 0 Å². The van der Waals surface area contributed by atoms with Gasteiger partial charge in [0.15, 0.2) is 0 Å². The number of halogens is 1. The van der Waals surface area contributed by atoms with Gasteiger partial charge in [0, 0.05) is 12.6 Å². The lowest BCUT2D eigenvalue weighted by molar-refractivity contribution is -0.142. The van der Waals surface area contributed by atoms with Crippen molar-refractivity contribution in [3.8, 4) is 0 Å². The highest BCUT2D eigenvalue weighted by molar-refractivity contribution is 5.70. The summed E-state index contributed by atoms with van der Waals surface area (Å²) in [6.07, 6.45) is 2.61. The van der Waals surface area contributed by atoms with E-state index in [4.69, 9.17) is 0 Å². The molecule has 0 radical (unpaired) electrons. The van der Waals surface area contributed by atoms with Crippen LogP contribution in [0.25, 0.3) is 0 Å². The molecule has 116 valence electrons. The van der Waals surface area contributed by atoms with Gasteiger partial charge >= 0.3 is 5.97 Å². The van der Waals surface area contributed by atoms with E-state index in [1.54, 1.807) is 12.1 Å². The Kier molecular flexibility index (Phi) is 5.34. The summed E-state index contributed by atoms with van der Waals surface area (Å²) in [4.78, 5) is 11.2. The highest BCUT2D eigenvalue weighted by atomic mass is 19.1. The van der Waals surface area contributed by atoms with Crippen LogP contribution in [-0.4, -0.2) is 23.7 Å². The molecule has 0 saturated heterocycles. The maximum atomic E-state index is 13.2. The van der Waals surface area contributed by atoms with Gasteiger partial charge in [0.25, 0.3) is 0 Å². The van der Waals surface area contributed by atoms with Crippen molar-refractivity contribution in [2.75, 3.05) is 6.54 Å². The van der Waals surface area contributed by atoms with Crippen LogP contribution in [0, 0.1) is 17.7 Å². The predicted octanol–water partition coefficient (Wildman–Crippen LogP) is 3.41. The Bertz CT molecular complexity index is 483. The lowest BCUT2D eigenvalue weighted by atomic mass is 9.75. The third-order valence-corrected chi connectivity index (χ3v) is 4.22. The van der Waals surface area contributed by atoms with Gasteiger partial charge in [0.1, 0.15) is 5.82 Å². The zero-order valence-electron chi connectivity index (χ0n) is 12.7. The molecule has 0 amide bonds. The SMILES string of the molecule is CC(C)CC(CNC1CC(c2cccc(F)c2)C1)C(=O)O. The number of carbonyl (C=O) groups is 1. The Morgan fingerprint density at radius 3 is 2.71 bits per heavy atom. The highest BCUT2D eigenvalue weighted by Crippen LogP contribution is 2.37. The average molecular weight is 293 g/mol. The van der Waals surface area contributed by atoms with E-state index in [1.165, 1.54) is 6.07 Å². The van der Waals surface area contributed by atoms with E-state index in [9.17, 15) is 14.3 Å². The minimum absolute atomic E-state index is 0.188. The molecule has 0 heterocycles. The summed E-state index contributed by atoms with van der Waals surface area (Å²) in [5.41, 5.74) is 1.05. The molecule has 1 aromatic carbocycles. The first-order valence-electron chi connectivity index (χ1n) is 7.67. The molecule has 1 aliphatic rings. The Morgan fingerprint density at radius 2 is 2.14 bits per heavy atom. The van der Waals surface area contributed by atoms with E-state index in [-0.39, 0.29) is 11.7 Å². The van der Waals surface area contributed by atoms with Gasteiger partial charge in [-0.2, -0.15) is 0 Å². The molecule has 1 aromatic rings. The fraction of sp³-hybridized carbons (Fsp3) is 0.588. The van der Waals surface area contributed by atoms with Crippen LogP contribution in [0.1, 0.15) is 44.6 Å². The molecule has 3 nitrogen and oxygen atoms in total. The van der Waals surface area contributed by atoms with Gasteiger partial charge in [-0.25, -0.2) is 4.39 Å². The third kappa shape index (κ3) is 4.53. The predicted molar refractivity (Wildman–Crippen MR) is 80.7 cm³/mol. The Morgan fingerprint density at radius 1 is 1.43 bits per heavy atom. The molecule has 4 heteroatoms. The number of hydrogen-bond donors (Lipinski definition) is 2. The van der Waals surface area contributed by atoms with Crippen molar-refractivity contribution in [3.63, 3.8) is 0 Å². The summed E-state index contributed by atoms with van der Waals surface area (Å²) in [6, 6.07) is 7.12. The monoisotopic (exact) mass is 293 g/mol. The zero-order chi connectivity index (χ0) is 15.4. The fourth-order valence-corrected chi connectivity index (χ4v) is 2.97. The van der Waals surface area contributed by atoms with Gasteiger partial charge in [-0.15, -0.1) is 0 Å². The van der Waals surface area contributed by atoms with E-state index in [2.05, 4.69) is 5.32 Å². The first-order chi connectivity index (χ1) is 9.95. The molecule has 1 aliphatic carbocycles. The first kappa shape index (κ1) is 16.0. The Balaban J connectivity index is 1.76. The van der Waals surface area contributed by atoms with Crippen LogP contribution < -0.4 is 5.32 Å². The van der Waals surface area contributed by atoms with Gasteiger partial charge in [-0.3, -0.25) is 4.79 Å². The molecule has 1 saturated carbocycles. The number of benzene rings is 1. The number of carboxylic acids is 1. The van der Waals surface area contributed by atoms with Crippen molar-refractivity contribution in [2.45, 2.75) is 45.1 Å². The lowest BCUT2D eigenvalue weighted by Crippen LogP contribution is -2.43.